The first-order valence-electron chi connectivity index (χ1n) is 6.58. The fraction of sp³-hybridized carbons (Fsp3) is 0.846. The van der Waals surface area contributed by atoms with Crippen molar-refractivity contribution in [1.82, 2.24) is 10.2 Å². The van der Waals surface area contributed by atoms with Crippen molar-refractivity contribution in [1.29, 1.82) is 0 Å². The van der Waals surface area contributed by atoms with Crippen molar-refractivity contribution in [2.75, 3.05) is 13.1 Å². The molecule has 1 saturated heterocycles. The zero-order valence-corrected chi connectivity index (χ0v) is 12.6. The van der Waals surface area contributed by atoms with Gasteiger partial charge in [0.1, 0.15) is 10.6 Å². The minimum atomic E-state index is -0.476. The van der Waals surface area contributed by atoms with Crippen LogP contribution < -0.4 is 5.32 Å². The van der Waals surface area contributed by atoms with Gasteiger partial charge in [-0.3, -0.25) is 0 Å². The highest BCUT2D eigenvalue weighted by molar-refractivity contribution is 7.80. The van der Waals surface area contributed by atoms with Gasteiger partial charge in [0.05, 0.1) is 6.04 Å². The lowest BCUT2D eigenvalue weighted by Crippen LogP contribution is -2.48. The van der Waals surface area contributed by atoms with E-state index in [2.05, 4.69) is 10.2 Å². The number of ether oxygens (including phenoxy) is 1. The summed E-state index contributed by atoms with van der Waals surface area (Å²) in [5.74, 6) is 0. The summed E-state index contributed by atoms with van der Waals surface area (Å²) in [6.45, 7) is 9.44. The average Bonchev–Trinajstić information content (AvgIpc) is 2.26. The number of likely N-dealkylation sites (tertiary alicyclic amines) is 1. The third-order valence-corrected chi connectivity index (χ3v) is 3.38. The van der Waals surface area contributed by atoms with Crippen molar-refractivity contribution in [2.24, 2.45) is 0 Å². The van der Waals surface area contributed by atoms with Crippen LogP contribution in [-0.4, -0.2) is 40.7 Å². The molecular weight excluding hydrogens is 248 g/mol. The van der Waals surface area contributed by atoms with Crippen LogP contribution >= 0.6 is 12.2 Å². The highest BCUT2D eigenvalue weighted by Gasteiger charge is 2.22. The van der Waals surface area contributed by atoms with Gasteiger partial charge in [0.2, 0.25) is 0 Å². The Kier molecular flexibility index (Phi) is 5.38. The second kappa shape index (κ2) is 6.36. The molecule has 0 aromatic carbocycles. The molecule has 1 N–H and O–H groups in total. The molecule has 5 heteroatoms. The van der Waals surface area contributed by atoms with Gasteiger partial charge >= 0.3 is 6.09 Å². The van der Waals surface area contributed by atoms with Crippen LogP contribution in [-0.2, 0) is 4.74 Å². The highest BCUT2D eigenvalue weighted by atomic mass is 32.1. The Bertz CT molecular complexity index is 307. The summed E-state index contributed by atoms with van der Waals surface area (Å²) in [6.07, 6.45) is 3.22. The Labute approximate surface area is 115 Å². The second-order valence-corrected chi connectivity index (χ2v) is 6.17. The number of alkyl carbamates (subject to hydrolysis) is 1. The SMILES string of the molecule is C[C@H](NC(=O)OC(C)(C)C)C(=S)N1CCCCC1. The quantitative estimate of drug-likeness (QED) is 0.785. The number of carbonyl (C=O) groups excluding carboxylic acids is 1. The van der Waals surface area contributed by atoms with Gasteiger partial charge in [-0.05, 0) is 47.0 Å². The van der Waals surface area contributed by atoms with Crippen molar-refractivity contribution in [3.63, 3.8) is 0 Å². The number of thiocarbonyl (C=S) groups is 1. The minimum Gasteiger partial charge on any atom is -0.444 e. The first-order chi connectivity index (χ1) is 8.29. The fourth-order valence-corrected chi connectivity index (χ4v) is 2.18. The maximum Gasteiger partial charge on any atom is 0.408 e. The van der Waals surface area contributed by atoms with E-state index < -0.39 is 11.7 Å². The molecule has 0 saturated carbocycles. The number of amides is 1. The molecule has 0 aromatic rings. The molecule has 1 amide bonds. The number of hydrogen-bond donors (Lipinski definition) is 1. The molecule has 1 rings (SSSR count). The lowest BCUT2D eigenvalue weighted by atomic mass is 10.1. The van der Waals surface area contributed by atoms with Crippen molar-refractivity contribution in [3.05, 3.63) is 0 Å². The Morgan fingerprint density at radius 1 is 1.28 bits per heavy atom. The van der Waals surface area contributed by atoms with Gasteiger partial charge in [-0.2, -0.15) is 0 Å². The topological polar surface area (TPSA) is 41.6 Å². The summed E-state index contributed by atoms with van der Waals surface area (Å²) in [5.41, 5.74) is -0.476. The van der Waals surface area contributed by atoms with Gasteiger partial charge in [0, 0.05) is 13.1 Å². The Hall–Kier alpha value is -0.840. The van der Waals surface area contributed by atoms with E-state index in [1.807, 2.05) is 27.7 Å². The van der Waals surface area contributed by atoms with Crippen LogP contribution in [0.1, 0.15) is 47.0 Å². The maximum absolute atomic E-state index is 11.6. The zero-order valence-electron chi connectivity index (χ0n) is 11.8. The van der Waals surface area contributed by atoms with E-state index in [0.717, 1.165) is 18.1 Å². The number of hydrogen-bond acceptors (Lipinski definition) is 3. The molecular formula is C13H24N2O2S. The van der Waals surface area contributed by atoms with E-state index in [9.17, 15) is 4.79 Å². The number of carbonyl (C=O) groups is 1. The fourth-order valence-electron chi connectivity index (χ4n) is 1.93. The predicted molar refractivity (Wildman–Crippen MR) is 76.9 cm³/mol. The maximum atomic E-state index is 11.6. The molecule has 1 aliphatic heterocycles. The summed E-state index contributed by atoms with van der Waals surface area (Å²) in [6, 6.07) is -0.159. The van der Waals surface area contributed by atoms with Gasteiger partial charge in [0.25, 0.3) is 0 Å². The van der Waals surface area contributed by atoms with Crippen LogP contribution in [0.25, 0.3) is 0 Å². The Morgan fingerprint density at radius 2 is 1.83 bits per heavy atom. The first kappa shape index (κ1) is 15.2. The van der Waals surface area contributed by atoms with Crippen LogP contribution in [0.3, 0.4) is 0 Å². The van der Waals surface area contributed by atoms with Crippen LogP contribution in [0.4, 0.5) is 4.79 Å². The summed E-state index contributed by atoms with van der Waals surface area (Å²) in [7, 11) is 0. The smallest absolute Gasteiger partial charge is 0.408 e. The van der Waals surface area contributed by atoms with Crippen molar-refractivity contribution < 1.29 is 9.53 Å². The molecule has 0 unspecified atom stereocenters. The summed E-state index contributed by atoms with van der Waals surface area (Å²) >= 11 is 5.41. The molecule has 4 nitrogen and oxygen atoms in total. The van der Waals surface area contributed by atoms with E-state index in [4.69, 9.17) is 17.0 Å². The van der Waals surface area contributed by atoms with Crippen LogP contribution in [0, 0.1) is 0 Å². The zero-order chi connectivity index (χ0) is 13.8. The largest absolute Gasteiger partial charge is 0.444 e. The monoisotopic (exact) mass is 272 g/mol. The van der Waals surface area contributed by atoms with Crippen molar-refractivity contribution in [2.45, 2.75) is 58.6 Å². The summed E-state index contributed by atoms with van der Waals surface area (Å²) in [5, 5.41) is 2.79. The van der Waals surface area contributed by atoms with Gasteiger partial charge in [-0.15, -0.1) is 0 Å². The van der Waals surface area contributed by atoms with Crippen molar-refractivity contribution in [3.8, 4) is 0 Å². The average molecular weight is 272 g/mol. The van der Waals surface area contributed by atoms with E-state index in [0.29, 0.717) is 0 Å². The lowest BCUT2D eigenvalue weighted by Gasteiger charge is -2.32. The van der Waals surface area contributed by atoms with Crippen LogP contribution in [0.2, 0.25) is 0 Å². The Balaban J connectivity index is 2.41. The molecule has 0 bridgehead atoms. The Morgan fingerprint density at radius 3 is 2.33 bits per heavy atom. The van der Waals surface area contributed by atoms with Crippen LogP contribution in [0.15, 0.2) is 0 Å². The highest BCUT2D eigenvalue weighted by Crippen LogP contribution is 2.12. The standard InChI is InChI=1S/C13H24N2O2S/c1-10(14-12(16)17-13(2,3)4)11(18)15-8-6-5-7-9-15/h10H,5-9H2,1-4H3,(H,14,16)/t10-/m0/s1. The van der Waals surface area contributed by atoms with E-state index in [1.54, 1.807) is 0 Å². The molecule has 18 heavy (non-hydrogen) atoms. The normalized spacial score (nSPS) is 18.1. The number of nitrogens with zero attached hydrogens (tertiary/aromatic N) is 1. The van der Waals surface area contributed by atoms with E-state index in [-0.39, 0.29) is 6.04 Å². The molecule has 1 aliphatic rings. The third kappa shape index (κ3) is 5.21. The van der Waals surface area contributed by atoms with Crippen LogP contribution in [0.5, 0.6) is 0 Å². The predicted octanol–water partition coefficient (Wildman–Crippen LogP) is 2.71. The molecule has 0 aliphatic carbocycles. The van der Waals surface area contributed by atoms with E-state index >= 15 is 0 Å². The van der Waals surface area contributed by atoms with Gasteiger partial charge < -0.3 is 15.0 Å². The number of rotatable bonds is 2. The lowest BCUT2D eigenvalue weighted by molar-refractivity contribution is 0.0519. The molecule has 1 atom stereocenters. The summed E-state index contributed by atoms with van der Waals surface area (Å²) < 4.78 is 5.22. The minimum absolute atomic E-state index is 0.159. The summed E-state index contributed by atoms with van der Waals surface area (Å²) in [4.78, 5) is 14.6. The molecule has 0 spiro atoms. The third-order valence-electron chi connectivity index (χ3n) is 2.77. The second-order valence-electron chi connectivity index (χ2n) is 5.75. The molecule has 0 aromatic heterocycles. The molecule has 1 fully saturated rings. The van der Waals surface area contributed by atoms with Gasteiger partial charge in [0.15, 0.2) is 0 Å². The number of nitrogens with one attached hydrogen (secondary N) is 1. The van der Waals surface area contributed by atoms with Gasteiger partial charge in [-0.1, -0.05) is 12.2 Å². The molecule has 104 valence electrons. The van der Waals surface area contributed by atoms with Crippen molar-refractivity contribution >= 4 is 23.3 Å². The molecule has 0 radical (unpaired) electrons. The van der Waals surface area contributed by atoms with E-state index in [1.165, 1.54) is 19.3 Å². The molecule has 1 heterocycles. The number of piperidine rings is 1. The first-order valence-corrected chi connectivity index (χ1v) is 6.99. The van der Waals surface area contributed by atoms with Gasteiger partial charge in [-0.25, -0.2) is 4.79 Å².